The first kappa shape index (κ1) is 22.1. The fourth-order valence-electron chi connectivity index (χ4n) is 4.29. The highest BCUT2D eigenvalue weighted by Gasteiger charge is 2.37. The van der Waals surface area contributed by atoms with E-state index in [1.807, 2.05) is 72.8 Å². The van der Waals surface area contributed by atoms with E-state index in [2.05, 4.69) is 43.0 Å². The predicted molar refractivity (Wildman–Crippen MR) is 129 cm³/mol. The van der Waals surface area contributed by atoms with Gasteiger partial charge in [0.2, 0.25) is 0 Å². The standard InChI is InChI=1S/C29H31NO2/c1-3-19-30(21-24-12-10-11-23(2)20-24)22-27-17-18-28(32-27)29(31,25-13-6-4-7-14-25)26-15-8-5-9-16-26/h4-18,20,31H,3,19,21-22H2,1-2H3. The second-order valence-corrected chi connectivity index (χ2v) is 8.41. The second kappa shape index (κ2) is 9.99. The highest BCUT2D eigenvalue weighted by molar-refractivity contribution is 5.43. The van der Waals surface area contributed by atoms with Crippen LogP contribution in [0, 0.1) is 6.92 Å². The van der Waals surface area contributed by atoms with E-state index in [4.69, 9.17) is 4.42 Å². The van der Waals surface area contributed by atoms with Crippen molar-refractivity contribution in [2.75, 3.05) is 6.54 Å². The molecule has 164 valence electrons. The molecule has 0 spiro atoms. The molecule has 0 aliphatic heterocycles. The molecule has 0 saturated carbocycles. The lowest BCUT2D eigenvalue weighted by atomic mass is 9.84. The number of hydrogen-bond donors (Lipinski definition) is 1. The van der Waals surface area contributed by atoms with Gasteiger partial charge in [-0.05, 0) is 48.7 Å². The first-order valence-electron chi connectivity index (χ1n) is 11.3. The molecule has 0 atom stereocenters. The summed E-state index contributed by atoms with van der Waals surface area (Å²) in [6, 6.07) is 32.0. The van der Waals surface area contributed by atoms with E-state index in [0.29, 0.717) is 12.3 Å². The van der Waals surface area contributed by atoms with Crippen LogP contribution in [0.1, 0.15) is 47.1 Å². The topological polar surface area (TPSA) is 36.6 Å². The minimum atomic E-state index is -1.34. The van der Waals surface area contributed by atoms with Gasteiger partial charge in [0.1, 0.15) is 11.5 Å². The molecule has 0 saturated heterocycles. The van der Waals surface area contributed by atoms with Crippen molar-refractivity contribution in [3.05, 3.63) is 131 Å². The first-order chi connectivity index (χ1) is 15.6. The van der Waals surface area contributed by atoms with Crippen LogP contribution in [0.3, 0.4) is 0 Å². The van der Waals surface area contributed by atoms with Gasteiger partial charge >= 0.3 is 0 Å². The molecular weight excluding hydrogens is 394 g/mol. The molecule has 32 heavy (non-hydrogen) atoms. The molecule has 4 rings (SSSR count). The smallest absolute Gasteiger partial charge is 0.173 e. The van der Waals surface area contributed by atoms with E-state index in [-0.39, 0.29) is 0 Å². The highest BCUT2D eigenvalue weighted by Crippen LogP contribution is 2.37. The van der Waals surface area contributed by atoms with Gasteiger partial charge in [0.05, 0.1) is 6.54 Å². The van der Waals surface area contributed by atoms with Gasteiger partial charge in [-0.2, -0.15) is 0 Å². The maximum absolute atomic E-state index is 11.9. The summed E-state index contributed by atoms with van der Waals surface area (Å²) in [6.45, 7) is 6.86. The molecule has 0 radical (unpaired) electrons. The lowest BCUT2D eigenvalue weighted by molar-refractivity contribution is 0.0952. The second-order valence-electron chi connectivity index (χ2n) is 8.41. The number of nitrogens with zero attached hydrogens (tertiary/aromatic N) is 1. The van der Waals surface area contributed by atoms with Crippen LogP contribution in [-0.4, -0.2) is 16.6 Å². The zero-order valence-corrected chi connectivity index (χ0v) is 18.9. The average molecular weight is 426 g/mol. The Hall–Kier alpha value is -3.14. The Labute approximate surface area is 191 Å². The quantitative estimate of drug-likeness (QED) is 0.343. The Bertz CT molecular complexity index is 1080. The molecule has 4 aromatic rings. The van der Waals surface area contributed by atoms with E-state index < -0.39 is 5.60 Å². The molecule has 3 nitrogen and oxygen atoms in total. The van der Waals surface area contributed by atoms with E-state index in [0.717, 1.165) is 36.4 Å². The van der Waals surface area contributed by atoms with Crippen molar-refractivity contribution in [3.8, 4) is 0 Å². The monoisotopic (exact) mass is 425 g/mol. The zero-order chi connectivity index (χ0) is 22.4. The molecule has 1 heterocycles. The Morgan fingerprint density at radius 2 is 1.44 bits per heavy atom. The molecule has 0 amide bonds. The van der Waals surface area contributed by atoms with Crippen molar-refractivity contribution < 1.29 is 9.52 Å². The van der Waals surface area contributed by atoms with Crippen molar-refractivity contribution in [2.45, 2.75) is 39.0 Å². The molecule has 3 heteroatoms. The molecule has 0 unspecified atom stereocenters. The number of hydrogen-bond acceptors (Lipinski definition) is 3. The Balaban J connectivity index is 1.62. The van der Waals surface area contributed by atoms with Gasteiger partial charge in [-0.15, -0.1) is 0 Å². The maximum Gasteiger partial charge on any atom is 0.173 e. The summed E-state index contributed by atoms with van der Waals surface area (Å²) in [5.41, 5.74) is 2.81. The van der Waals surface area contributed by atoms with Gasteiger partial charge in [0.15, 0.2) is 5.60 Å². The number of rotatable bonds is 9. The van der Waals surface area contributed by atoms with Gasteiger partial charge in [-0.25, -0.2) is 0 Å². The Morgan fingerprint density at radius 1 is 0.781 bits per heavy atom. The van der Waals surface area contributed by atoms with E-state index in [1.165, 1.54) is 11.1 Å². The van der Waals surface area contributed by atoms with E-state index in [1.54, 1.807) is 0 Å². The summed E-state index contributed by atoms with van der Waals surface area (Å²) >= 11 is 0. The van der Waals surface area contributed by atoms with Crippen LogP contribution in [0.2, 0.25) is 0 Å². The highest BCUT2D eigenvalue weighted by atomic mass is 16.4. The number of aliphatic hydroxyl groups is 1. The van der Waals surface area contributed by atoms with Crippen LogP contribution in [0.25, 0.3) is 0 Å². The van der Waals surface area contributed by atoms with Crippen molar-refractivity contribution in [1.82, 2.24) is 4.90 Å². The molecule has 0 aliphatic carbocycles. The van der Waals surface area contributed by atoms with Gasteiger partial charge in [-0.1, -0.05) is 97.4 Å². The van der Waals surface area contributed by atoms with Crippen molar-refractivity contribution in [3.63, 3.8) is 0 Å². The third-order valence-electron chi connectivity index (χ3n) is 5.81. The summed E-state index contributed by atoms with van der Waals surface area (Å²) in [5.74, 6) is 1.39. The third-order valence-corrected chi connectivity index (χ3v) is 5.81. The van der Waals surface area contributed by atoms with Gasteiger partial charge in [-0.3, -0.25) is 4.90 Å². The SMILES string of the molecule is CCCN(Cc1cccc(C)c1)Cc1ccc(C(O)(c2ccccc2)c2ccccc2)o1. The van der Waals surface area contributed by atoms with Crippen LogP contribution >= 0.6 is 0 Å². The summed E-state index contributed by atoms with van der Waals surface area (Å²) in [7, 11) is 0. The molecule has 3 aromatic carbocycles. The number of benzene rings is 3. The van der Waals surface area contributed by atoms with Crippen molar-refractivity contribution in [2.24, 2.45) is 0 Å². The number of furan rings is 1. The fourth-order valence-corrected chi connectivity index (χ4v) is 4.29. The minimum absolute atomic E-state index is 0.539. The summed E-state index contributed by atoms with van der Waals surface area (Å²) in [6.07, 6.45) is 1.07. The molecular formula is C29H31NO2. The maximum atomic E-state index is 11.9. The van der Waals surface area contributed by atoms with Crippen LogP contribution in [-0.2, 0) is 18.7 Å². The van der Waals surface area contributed by atoms with E-state index in [9.17, 15) is 5.11 Å². The normalized spacial score (nSPS) is 11.8. The molecule has 1 aromatic heterocycles. The summed E-state index contributed by atoms with van der Waals surface area (Å²) in [4.78, 5) is 2.39. The van der Waals surface area contributed by atoms with Crippen LogP contribution < -0.4 is 0 Å². The number of aryl methyl sites for hydroxylation is 1. The summed E-state index contributed by atoms with van der Waals surface area (Å²) in [5, 5.41) is 11.9. The molecule has 0 fully saturated rings. The Morgan fingerprint density at radius 3 is 2.03 bits per heavy atom. The lowest BCUT2D eigenvalue weighted by Crippen LogP contribution is -2.28. The van der Waals surface area contributed by atoms with Crippen LogP contribution in [0.5, 0.6) is 0 Å². The average Bonchev–Trinajstić information content (AvgIpc) is 3.29. The summed E-state index contributed by atoms with van der Waals surface area (Å²) < 4.78 is 6.30. The van der Waals surface area contributed by atoms with Gasteiger partial charge < -0.3 is 9.52 Å². The largest absolute Gasteiger partial charge is 0.461 e. The molecule has 1 N–H and O–H groups in total. The zero-order valence-electron chi connectivity index (χ0n) is 18.9. The third kappa shape index (κ3) is 4.85. The van der Waals surface area contributed by atoms with Gasteiger partial charge in [0, 0.05) is 6.54 Å². The van der Waals surface area contributed by atoms with Crippen LogP contribution in [0.15, 0.2) is 101 Å². The van der Waals surface area contributed by atoms with Crippen LogP contribution in [0.4, 0.5) is 0 Å². The minimum Gasteiger partial charge on any atom is -0.461 e. The van der Waals surface area contributed by atoms with Crippen molar-refractivity contribution >= 4 is 0 Å². The molecule has 0 bridgehead atoms. The lowest BCUT2D eigenvalue weighted by Gasteiger charge is -2.27. The molecule has 0 aliphatic rings. The Kier molecular flexibility index (Phi) is 6.89. The first-order valence-corrected chi connectivity index (χ1v) is 11.3. The van der Waals surface area contributed by atoms with E-state index >= 15 is 0 Å². The fraction of sp³-hybridized carbons (Fsp3) is 0.241. The predicted octanol–water partition coefficient (Wildman–Crippen LogP) is 6.28. The van der Waals surface area contributed by atoms with Gasteiger partial charge in [0.25, 0.3) is 0 Å². The van der Waals surface area contributed by atoms with Crippen molar-refractivity contribution in [1.29, 1.82) is 0 Å².